The lowest BCUT2D eigenvalue weighted by atomic mass is 10.1. The molecule has 0 spiro atoms. The SMILES string of the molecule is Cc1ncc(CBr)c(C)c1O. The van der Waals surface area contributed by atoms with Crippen molar-refractivity contribution < 1.29 is 5.11 Å². The van der Waals surface area contributed by atoms with E-state index in [1.807, 2.05) is 6.92 Å². The second-order valence-corrected chi connectivity index (χ2v) is 3.04. The van der Waals surface area contributed by atoms with Crippen molar-refractivity contribution in [1.29, 1.82) is 0 Å². The Balaban J connectivity index is 3.25. The van der Waals surface area contributed by atoms with E-state index in [1.165, 1.54) is 0 Å². The first-order valence-electron chi connectivity index (χ1n) is 3.36. The van der Waals surface area contributed by atoms with E-state index in [0.717, 1.165) is 16.5 Å². The molecule has 0 aliphatic rings. The molecule has 0 bridgehead atoms. The lowest BCUT2D eigenvalue weighted by Crippen LogP contribution is -1.91. The van der Waals surface area contributed by atoms with Gasteiger partial charge >= 0.3 is 0 Å². The Morgan fingerprint density at radius 2 is 2.18 bits per heavy atom. The molecular formula is C8H10BrNO. The molecule has 0 saturated carbocycles. The number of halogens is 1. The van der Waals surface area contributed by atoms with Crippen LogP contribution in [0.5, 0.6) is 5.75 Å². The Labute approximate surface area is 74.4 Å². The van der Waals surface area contributed by atoms with E-state index < -0.39 is 0 Å². The van der Waals surface area contributed by atoms with Gasteiger partial charge in [0.2, 0.25) is 0 Å². The maximum absolute atomic E-state index is 9.43. The quantitative estimate of drug-likeness (QED) is 0.730. The summed E-state index contributed by atoms with van der Waals surface area (Å²) in [7, 11) is 0. The number of hydrogen-bond acceptors (Lipinski definition) is 2. The summed E-state index contributed by atoms with van der Waals surface area (Å²) in [6, 6.07) is 0. The lowest BCUT2D eigenvalue weighted by Gasteiger charge is -2.05. The summed E-state index contributed by atoms with van der Waals surface area (Å²) in [6.07, 6.45) is 1.78. The molecule has 2 nitrogen and oxygen atoms in total. The number of aromatic nitrogens is 1. The lowest BCUT2D eigenvalue weighted by molar-refractivity contribution is 0.462. The first kappa shape index (κ1) is 8.53. The molecule has 1 aromatic heterocycles. The van der Waals surface area contributed by atoms with E-state index in [2.05, 4.69) is 20.9 Å². The Morgan fingerprint density at radius 3 is 2.73 bits per heavy atom. The van der Waals surface area contributed by atoms with Crippen molar-refractivity contribution in [2.45, 2.75) is 19.2 Å². The largest absolute Gasteiger partial charge is 0.506 e. The number of nitrogens with zero attached hydrogens (tertiary/aromatic N) is 1. The van der Waals surface area contributed by atoms with Crippen LogP contribution in [0.1, 0.15) is 16.8 Å². The van der Waals surface area contributed by atoms with Crippen LogP contribution in [0.25, 0.3) is 0 Å². The van der Waals surface area contributed by atoms with Gasteiger partial charge < -0.3 is 5.11 Å². The maximum Gasteiger partial charge on any atom is 0.139 e. The highest BCUT2D eigenvalue weighted by Crippen LogP contribution is 2.23. The third-order valence-electron chi connectivity index (χ3n) is 1.74. The van der Waals surface area contributed by atoms with Gasteiger partial charge in [0.1, 0.15) is 5.75 Å². The van der Waals surface area contributed by atoms with Gasteiger partial charge in [-0.2, -0.15) is 0 Å². The normalized spacial score (nSPS) is 10.1. The van der Waals surface area contributed by atoms with E-state index in [9.17, 15) is 5.11 Å². The van der Waals surface area contributed by atoms with Gasteiger partial charge in [-0.1, -0.05) is 15.9 Å². The minimum Gasteiger partial charge on any atom is -0.506 e. The zero-order valence-corrected chi connectivity index (χ0v) is 8.14. The Bertz CT molecular complexity index is 273. The van der Waals surface area contributed by atoms with Crippen molar-refractivity contribution in [2.24, 2.45) is 0 Å². The smallest absolute Gasteiger partial charge is 0.139 e. The second-order valence-electron chi connectivity index (χ2n) is 2.48. The maximum atomic E-state index is 9.43. The Hall–Kier alpha value is -0.570. The number of rotatable bonds is 1. The van der Waals surface area contributed by atoms with E-state index in [1.54, 1.807) is 13.1 Å². The van der Waals surface area contributed by atoms with Crippen LogP contribution in [-0.2, 0) is 5.33 Å². The van der Waals surface area contributed by atoms with Gasteiger partial charge in [-0.25, -0.2) is 0 Å². The molecule has 1 heterocycles. The molecule has 3 heteroatoms. The van der Waals surface area contributed by atoms with Crippen molar-refractivity contribution >= 4 is 15.9 Å². The molecule has 1 aromatic rings. The molecule has 0 unspecified atom stereocenters. The summed E-state index contributed by atoms with van der Waals surface area (Å²) in [5, 5.41) is 10.2. The molecule has 0 amide bonds. The second kappa shape index (κ2) is 3.22. The highest BCUT2D eigenvalue weighted by Gasteiger charge is 2.04. The number of aromatic hydroxyl groups is 1. The van der Waals surface area contributed by atoms with Crippen LogP contribution in [0.4, 0.5) is 0 Å². The van der Waals surface area contributed by atoms with Gasteiger partial charge in [0.15, 0.2) is 0 Å². The van der Waals surface area contributed by atoms with Crippen LogP contribution in [-0.4, -0.2) is 10.1 Å². The summed E-state index contributed by atoms with van der Waals surface area (Å²) in [5.74, 6) is 0.307. The molecule has 60 valence electrons. The summed E-state index contributed by atoms with van der Waals surface area (Å²) in [6.45, 7) is 3.68. The first-order valence-corrected chi connectivity index (χ1v) is 4.49. The van der Waals surface area contributed by atoms with Gasteiger partial charge in [0.25, 0.3) is 0 Å². The predicted molar refractivity (Wildman–Crippen MR) is 48.0 cm³/mol. The molecule has 0 aliphatic carbocycles. The van der Waals surface area contributed by atoms with E-state index in [4.69, 9.17) is 0 Å². The number of alkyl halides is 1. The molecule has 0 radical (unpaired) electrons. The fraction of sp³-hybridized carbons (Fsp3) is 0.375. The molecule has 11 heavy (non-hydrogen) atoms. The van der Waals surface area contributed by atoms with Gasteiger partial charge in [0, 0.05) is 11.5 Å². The van der Waals surface area contributed by atoms with Crippen LogP contribution < -0.4 is 0 Å². The van der Waals surface area contributed by atoms with E-state index >= 15 is 0 Å². The van der Waals surface area contributed by atoms with Crippen molar-refractivity contribution in [3.05, 3.63) is 23.0 Å². The number of aryl methyl sites for hydroxylation is 1. The zero-order chi connectivity index (χ0) is 8.43. The standard InChI is InChI=1S/C8H10BrNO/c1-5-7(3-9)4-10-6(2)8(5)11/h4,11H,3H2,1-2H3. The fourth-order valence-corrected chi connectivity index (χ4v) is 1.46. The van der Waals surface area contributed by atoms with E-state index in [0.29, 0.717) is 11.4 Å². The third-order valence-corrected chi connectivity index (χ3v) is 2.34. The molecular weight excluding hydrogens is 206 g/mol. The molecule has 1 N–H and O–H groups in total. The molecule has 1 rings (SSSR count). The Morgan fingerprint density at radius 1 is 1.55 bits per heavy atom. The van der Waals surface area contributed by atoms with Crippen LogP contribution in [0.15, 0.2) is 6.20 Å². The number of hydrogen-bond donors (Lipinski definition) is 1. The minimum absolute atomic E-state index is 0.307. The monoisotopic (exact) mass is 215 g/mol. The average molecular weight is 216 g/mol. The minimum atomic E-state index is 0.307. The van der Waals surface area contributed by atoms with Gasteiger partial charge in [-0.05, 0) is 25.0 Å². The van der Waals surface area contributed by atoms with Gasteiger partial charge in [-0.3, -0.25) is 4.98 Å². The van der Waals surface area contributed by atoms with Crippen LogP contribution in [0.3, 0.4) is 0 Å². The first-order chi connectivity index (χ1) is 5.16. The van der Waals surface area contributed by atoms with E-state index in [-0.39, 0.29) is 0 Å². The average Bonchev–Trinajstić information content (AvgIpc) is 2.01. The molecule has 0 aromatic carbocycles. The van der Waals surface area contributed by atoms with Crippen molar-refractivity contribution in [3.63, 3.8) is 0 Å². The predicted octanol–water partition coefficient (Wildman–Crippen LogP) is 2.30. The number of pyridine rings is 1. The zero-order valence-electron chi connectivity index (χ0n) is 6.56. The summed E-state index contributed by atoms with van der Waals surface area (Å²) < 4.78 is 0. The van der Waals surface area contributed by atoms with Crippen LogP contribution in [0.2, 0.25) is 0 Å². The molecule has 0 saturated heterocycles. The van der Waals surface area contributed by atoms with Crippen molar-refractivity contribution in [1.82, 2.24) is 4.98 Å². The summed E-state index contributed by atoms with van der Waals surface area (Å²) in [4.78, 5) is 4.03. The highest BCUT2D eigenvalue weighted by molar-refractivity contribution is 9.08. The summed E-state index contributed by atoms with van der Waals surface area (Å²) >= 11 is 3.32. The summed E-state index contributed by atoms with van der Waals surface area (Å²) in [5.41, 5.74) is 2.63. The van der Waals surface area contributed by atoms with Gasteiger partial charge in [-0.15, -0.1) is 0 Å². The third kappa shape index (κ3) is 1.53. The molecule has 0 atom stereocenters. The topological polar surface area (TPSA) is 33.1 Å². The molecule has 0 fully saturated rings. The highest BCUT2D eigenvalue weighted by atomic mass is 79.9. The molecule has 0 aliphatic heterocycles. The van der Waals surface area contributed by atoms with Crippen LogP contribution >= 0.6 is 15.9 Å². The van der Waals surface area contributed by atoms with Crippen LogP contribution in [0, 0.1) is 13.8 Å². The Kier molecular flexibility index (Phi) is 2.49. The fourth-order valence-electron chi connectivity index (χ4n) is 0.891. The van der Waals surface area contributed by atoms with Gasteiger partial charge in [0.05, 0.1) is 5.69 Å². The van der Waals surface area contributed by atoms with Crippen molar-refractivity contribution in [3.8, 4) is 5.75 Å². The van der Waals surface area contributed by atoms with Crippen molar-refractivity contribution in [2.75, 3.05) is 0 Å².